The largest absolute Gasteiger partial charge is 0.469 e. The van der Waals surface area contributed by atoms with E-state index in [1.54, 1.807) is 9.80 Å². The monoisotopic (exact) mass is 837 g/mol. The van der Waals surface area contributed by atoms with Gasteiger partial charge >= 0.3 is 12.1 Å². The highest BCUT2D eigenvalue weighted by molar-refractivity contribution is 5.91. The average molecular weight is 838 g/mol. The molecule has 0 bridgehead atoms. The summed E-state index contributed by atoms with van der Waals surface area (Å²) in [6.45, 7) is 6.95. The molecule has 0 aliphatic carbocycles. The number of nitrogens with one attached hydrogen (secondary N) is 3. The Morgan fingerprint density at radius 1 is 0.770 bits per heavy atom. The summed E-state index contributed by atoms with van der Waals surface area (Å²) in [5.41, 5.74) is 3.37. The summed E-state index contributed by atoms with van der Waals surface area (Å²) in [6, 6.07) is 13.7. The predicted octanol–water partition coefficient (Wildman–Crippen LogP) is 5.27. The minimum Gasteiger partial charge on any atom is -0.469 e. The Morgan fingerprint density at radius 2 is 1.28 bits per heavy atom. The molecule has 3 aromatic carbocycles. The first-order valence-electron chi connectivity index (χ1n) is 20.5. The Labute approximate surface area is 351 Å². The molecule has 5 heterocycles. The third kappa shape index (κ3) is 7.94. The number of imidazole rings is 2. The number of H-pyrrole nitrogens is 2. The number of rotatable bonds is 11. The van der Waals surface area contributed by atoms with Gasteiger partial charge in [0.15, 0.2) is 11.5 Å². The van der Waals surface area contributed by atoms with Crippen molar-refractivity contribution in [3.63, 3.8) is 0 Å². The van der Waals surface area contributed by atoms with Crippen LogP contribution in [0.1, 0.15) is 83.5 Å². The zero-order valence-corrected chi connectivity index (χ0v) is 35.0. The summed E-state index contributed by atoms with van der Waals surface area (Å²) >= 11 is 0. The van der Waals surface area contributed by atoms with Crippen molar-refractivity contribution in [1.29, 1.82) is 0 Å². The number of aromatic amines is 2. The van der Waals surface area contributed by atoms with Crippen molar-refractivity contribution in [3.8, 4) is 33.8 Å². The molecular formula is C44H51N7O10. The first kappa shape index (κ1) is 41.5. The fourth-order valence-electron chi connectivity index (χ4n) is 8.76. The van der Waals surface area contributed by atoms with E-state index in [-0.39, 0.29) is 31.2 Å². The van der Waals surface area contributed by atoms with E-state index in [1.807, 2.05) is 48.5 Å². The molecule has 0 unspecified atom stereocenters. The van der Waals surface area contributed by atoms with E-state index >= 15 is 0 Å². The lowest BCUT2D eigenvalue weighted by Gasteiger charge is -2.34. The van der Waals surface area contributed by atoms with Crippen LogP contribution in [-0.4, -0.2) is 115 Å². The molecule has 0 spiro atoms. The Morgan fingerprint density at radius 3 is 1.74 bits per heavy atom. The van der Waals surface area contributed by atoms with Crippen molar-refractivity contribution in [3.05, 3.63) is 60.2 Å². The summed E-state index contributed by atoms with van der Waals surface area (Å²) in [4.78, 5) is 71.7. The van der Waals surface area contributed by atoms with E-state index in [9.17, 15) is 29.4 Å². The van der Waals surface area contributed by atoms with Gasteiger partial charge in [0.2, 0.25) is 18.6 Å². The van der Waals surface area contributed by atoms with Gasteiger partial charge in [-0.25, -0.2) is 14.8 Å². The molecular weight excluding hydrogens is 787 g/mol. The van der Waals surface area contributed by atoms with Crippen LogP contribution in [0, 0.1) is 5.92 Å². The summed E-state index contributed by atoms with van der Waals surface area (Å²) in [7, 11) is 2.47. The highest BCUT2D eigenvalue weighted by Gasteiger charge is 2.44. The summed E-state index contributed by atoms with van der Waals surface area (Å²) in [5, 5.41) is 24.1. The molecule has 3 amide bonds. The van der Waals surface area contributed by atoms with E-state index in [4.69, 9.17) is 28.9 Å². The first-order chi connectivity index (χ1) is 29.0. The Kier molecular flexibility index (Phi) is 10.9. The number of alkyl carbamates (subject to hydrolysis) is 1. The van der Waals surface area contributed by atoms with Crippen molar-refractivity contribution >= 4 is 45.9 Å². The third-order valence-corrected chi connectivity index (χ3v) is 12.0. The molecule has 2 saturated heterocycles. The van der Waals surface area contributed by atoms with Crippen LogP contribution in [0.4, 0.5) is 4.79 Å². The van der Waals surface area contributed by atoms with Gasteiger partial charge in [-0.1, -0.05) is 12.1 Å². The lowest BCUT2D eigenvalue weighted by atomic mass is 9.86. The molecule has 5 N–H and O–H groups in total. The van der Waals surface area contributed by atoms with Crippen LogP contribution in [-0.2, 0) is 23.9 Å². The second-order valence-corrected chi connectivity index (χ2v) is 17.0. The minimum absolute atomic E-state index is 0.0431. The third-order valence-electron chi connectivity index (χ3n) is 12.0. The molecule has 322 valence electrons. The number of esters is 1. The quantitative estimate of drug-likeness (QED) is 0.107. The van der Waals surface area contributed by atoms with E-state index < -0.39 is 41.1 Å². The van der Waals surface area contributed by atoms with Crippen LogP contribution in [0.2, 0.25) is 0 Å². The molecule has 0 saturated carbocycles. The molecule has 3 aliphatic rings. The maximum absolute atomic E-state index is 13.8. The van der Waals surface area contributed by atoms with E-state index in [1.165, 1.54) is 41.9 Å². The molecule has 2 aromatic heterocycles. The maximum atomic E-state index is 13.8. The number of carbonyl (C=O) groups is 4. The van der Waals surface area contributed by atoms with E-state index in [0.29, 0.717) is 54.6 Å². The lowest BCUT2D eigenvalue weighted by molar-refractivity contribution is -0.154. The number of hydrogen-bond donors (Lipinski definition) is 5. The van der Waals surface area contributed by atoms with Crippen molar-refractivity contribution in [2.75, 3.05) is 34.1 Å². The smallest absolute Gasteiger partial charge is 0.407 e. The van der Waals surface area contributed by atoms with Gasteiger partial charge in [0.1, 0.15) is 17.7 Å². The lowest BCUT2D eigenvalue weighted by Crippen LogP contribution is -2.58. The Bertz CT molecular complexity index is 2350. The van der Waals surface area contributed by atoms with Crippen molar-refractivity contribution < 1.29 is 48.3 Å². The van der Waals surface area contributed by atoms with Gasteiger partial charge in [-0.05, 0) is 101 Å². The standard InChI is InChI=1S/C44H51N7O10/c1-43(2,56)27(21-34(52)58-5)40(53)50-17-7-9-32(50)38-45-28-15-11-23(19-30(28)47-38)25-13-14-26(36-35(25)60-22-61-36)24-12-16-29-31(20-24)48-39(46-29)33-10-8-18-51(33)41(54)37(44(3,4)57)49-42(55)59-6/h11-16,19-20,27,32-33,37,56-57H,7-10,17-18,21-22H2,1-6H3,(H,45,47)(H,46,48)(H,49,55)/t27-,32+,33+,37-/m1/s1. The summed E-state index contributed by atoms with van der Waals surface area (Å²) < 4.78 is 21.7. The van der Waals surface area contributed by atoms with Gasteiger partial charge in [0, 0.05) is 24.2 Å². The molecule has 8 rings (SSSR count). The van der Waals surface area contributed by atoms with Crippen LogP contribution >= 0.6 is 0 Å². The molecule has 0 radical (unpaired) electrons. The second-order valence-electron chi connectivity index (χ2n) is 17.0. The normalized spacial score (nSPS) is 18.8. The molecule has 17 heteroatoms. The van der Waals surface area contributed by atoms with Gasteiger partial charge in [0.05, 0.1) is 71.9 Å². The van der Waals surface area contributed by atoms with E-state index in [2.05, 4.69) is 15.3 Å². The average Bonchev–Trinajstić information content (AvgIpc) is 4.08. The fourth-order valence-corrected chi connectivity index (χ4v) is 8.76. The van der Waals surface area contributed by atoms with Gasteiger partial charge in [-0.2, -0.15) is 0 Å². The van der Waals surface area contributed by atoms with Crippen molar-refractivity contribution in [2.45, 2.75) is 89.1 Å². The number of benzene rings is 3. The SMILES string of the molecule is COC(=O)C[C@H](C(=O)N1CCC[C@H]1c1nc2ccc(-c3ccc(-c4ccc5nc([C@@H]6CCCN6C(=O)[C@@H](NC(=O)OC)C(C)(C)O)[nH]c5c4)c4c3OCO4)cc2[nH]1)C(C)(C)O. The van der Waals surface area contributed by atoms with Crippen molar-refractivity contribution in [1.82, 2.24) is 35.1 Å². The number of nitrogens with zero attached hydrogens (tertiary/aromatic N) is 4. The van der Waals surface area contributed by atoms with Gasteiger partial charge < -0.3 is 54.2 Å². The minimum atomic E-state index is -1.54. The fraction of sp³-hybridized carbons (Fsp3) is 0.455. The van der Waals surface area contributed by atoms with Crippen LogP contribution in [0.5, 0.6) is 11.5 Å². The van der Waals surface area contributed by atoms with Crippen LogP contribution in [0.15, 0.2) is 48.5 Å². The van der Waals surface area contributed by atoms with Crippen LogP contribution < -0.4 is 14.8 Å². The van der Waals surface area contributed by atoms with Gasteiger partial charge in [-0.3, -0.25) is 14.4 Å². The number of ether oxygens (including phenoxy) is 4. The number of likely N-dealkylation sites (tertiary alicyclic amines) is 2. The zero-order chi connectivity index (χ0) is 43.4. The number of aliphatic hydroxyl groups is 2. The summed E-state index contributed by atoms with van der Waals surface area (Å²) in [5.74, 6) is 0.147. The van der Waals surface area contributed by atoms with E-state index in [0.717, 1.165) is 51.6 Å². The number of carbonyl (C=O) groups excluding carboxylic acids is 4. The molecule has 5 aromatic rings. The second kappa shape index (κ2) is 16.0. The molecule has 2 fully saturated rings. The summed E-state index contributed by atoms with van der Waals surface area (Å²) in [6.07, 6.45) is 1.77. The topological polar surface area (TPSA) is 222 Å². The Balaban J connectivity index is 1.04. The molecule has 61 heavy (non-hydrogen) atoms. The zero-order valence-electron chi connectivity index (χ0n) is 35.0. The molecule has 4 atom stereocenters. The Hall–Kier alpha value is -6.20. The highest BCUT2D eigenvalue weighted by Crippen LogP contribution is 2.48. The van der Waals surface area contributed by atoms with Gasteiger partial charge in [-0.15, -0.1) is 0 Å². The van der Waals surface area contributed by atoms with Gasteiger partial charge in [0.25, 0.3) is 0 Å². The predicted molar refractivity (Wildman–Crippen MR) is 222 cm³/mol. The number of fused-ring (bicyclic) bond motifs is 3. The number of amides is 3. The van der Waals surface area contributed by atoms with Crippen LogP contribution in [0.3, 0.4) is 0 Å². The highest BCUT2D eigenvalue weighted by atomic mass is 16.7. The first-order valence-corrected chi connectivity index (χ1v) is 20.5. The number of hydrogen-bond acceptors (Lipinski definition) is 12. The maximum Gasteiger partial charge on any atom is 0.407 e. The van der Waals surface area contributed by atoms with Crippen LogP contribution in [0.25, 0.3) is 44.3 Å². The number of aromatic nitrogens is 4. The number of methoxy groups -OCH3 is 2. The molecule has 17 nitrogen and oxygen atoms in total. The van der Waals surface area contributed by atoms with Crippen molar-refractivity contribution in [2.24, 2.45) is 5.92 Å². The molecule has 3 aliphatic heterocycles.